The highest BCUT2D eigenvalue weighted by Crippen LogP contribution is 2.21. The van der Waals surface area contributed by atoms with E-state index in [4.69, 9.17) is 0 Å². The van der Waals surface area contributed by atoms with E-state index < -0.39 is 0 Å². The molecule has 0 atom stereocenters. The van der Waals surface area contributed by atoms with Crippen molar-refractivity contribution in [1.82, 2.24) is 4.98 Å². The van der Waals surface area contributed by atoms with Crippen molar-refractivity contribution in [2.45, 2.75) is 26.2 Å². The summed E-state index contributed by atoms with van der Waals surface area (Å²) >= 11 is 3.42. The third kappa shape index (κ3) is 2.35. The first kappa shape index (κ1) is 11.4. The lowest BCUT2D eigenvalue weighted by Crippen LogP contribution is -1.98. The van der Waals surface area contributed by atoms with Crippen molar-refractivity contribution in [2.24, 2.45) is 0 Å². The molecule has 0 spiro atoms. The summed E-state index contributed by atoms with van der Waals surface area (Å²) < 4.78 is 1.02. The molecule has 84 valence electrons. The summed E-state index contributed by atoms with van der Waals surface area (Å²) in [7, 11) is 0. The SMILES string of the molecule is CCCCC(=O)c1cc2ccc(Br)cc2[nH]1. The van der Waals surface area contributed by atoms with Crippen LogP contribution in [0.1, 0.15) is 36.7 Å². The van der Waals surface area contributed by atoms with Crippen LogP contribution in [0.4, 0.5) is 0 Å². The molecule has 0 aliphatic heterocycles. The van der Waals surface area contributed by atoms with Crippen LogP contribution in [0.3, 0.4) is 0 Å². The Hall–Kier alpha value is -1.09. The highest BCUT2D eigenvalue weighted by atomic mass is 79.9. The third-order valence-electron chi connectivity index (χ3n) is 2.64. The molecule has 3 heteroatoms. The van der Waals surface area contributed by atoms with Crippen LogP contribution < -0.4 is 0 Å². The summed E-state index contributed by atoms with van der Waals surface area (Å²) in [4.78, 5) is 15.0. The third-order valence-corrected chi connectivity index (χ3v) is 3.14. The van der Waals surface area contributed by atoms with Crippen molar-refractivity contribution in [1.29, 1.82) is 0 Å². The fourth-order valence-corrected chi connectivity index (χ4v) is 2.08. The van der Waals surface area contributed by atoms with Gasteiger partial charge in [-0.25, -0.2) is 0 Å². The number of fused-ring (bicyclic) bond motifs is 1. The van der Waals surface area contributed by atoms with Gasteiger partial charge >= 0.3 is 0 Å². The molecular weight excluding hydrogens is 266 g/mol. The summed E-state index contributed by atoms with van der Waals surface area (Å²) in [6.45, 7) is 2.09. The molecule has 1 aromatic heterocycles. The van der Waals surface area contributed by atoms with E-state index >= 15 is 0 Å². The van der Waals surface area contributed by atoms with Gasteiger partial charge in [-0.3, -0.25) is 4.79 Å². The smallest absolute Gasteiger partial charge is 0.179 e. The van der Waals surface area contributed by atoms with E-state index in [9.17, 15) is 4.79 Å². The van der Waals surface area contributed by atoms with E-state index in [1.807, 2.05) is 24.3 Å². The number of nitrogens with one attached hydrogen (secondary N) is 1. The Kier molecular flexibility index (Phi) is 3.44. The second-order valence-corrected chi connectivity index (χ2v) is 4.86. The molecule has 0 saturated carbocycles. The van der Waals surface area contributed by atoms with Gasteiger partial charge in [0.1, 0.15) is 0 Å². The number of ketones is 1. The quantitative estimate of drug-likeness (QED) is 0.832. The summed E-state index contributed by atoms with van der Waals surface area (Å²) in [6, 6.07) is 7.91. The van der Waals surface area contributed by atoms with Crippen molar-refractivity contribution in [3.8, 4) is 0 Å². The molecule has 1 N–H and O–H groups in total. The zero-order valence-electron chi connectivity index (χ0n) is 9.22. The normalized spacial score (nSPS) is 10.9. The predicted molar refractivity (Wildman–Crippen MR) is 69.9 cm³/mol. The molecule has 2 rings (SSSR count). The van der Waals surface area contributed by atoms with E-state index in [1.165, 1.54) is 0 Å². The topological polar surface area (TPSA) is 32.9 Å². The molecule has 0 amide bonds. The molecule has 0 aliphatic carbocycles. The van der Waals surface area contributed by atoms with Gasteiger partial charge in [0, 0.05) is 21.8 Å². The Morgan fingerprint density at radius 3 is 2.94 bits per heavy atom. The van der Waals surface area contributed by atoms with Gasteiger partial charge in [-0.2, -0.15) is 0 Å². The van der Waals surface area contributed by atoms with Gasteiger partial charge in [-0.15, -0.1) is 0 Å². The Bertz CT molecular complexity index is 516. The highest BCUT2D eigenvalue weighted by molar-refractivity contribution is 9.10. The first-order valence-electron chi connectivity index (χ1n) is 5.52. The summed E-state index contributed by atoms with van der Waals surface area (Å²) in [5.41, 5.74) is 1.73. The number of benzene rings is 1. The number of carbonyl (C=O) groups is 1. The zero-order valence-corrected chi connectivity index (χ0v) is 10.8. The molecule has 0 bridgehead atoms. The lowest BCUT2D eigenvalue weighted by atomic mass is 10.1. The van der Waals surface area contributed by atoms with Crippen LogP contribution in [0.2, 0.25) is 0 Å². The van der Waals surface area contributed by atoms with E-state index in [-0.39, 0.29) is 5.78 Å². The van der Waals surface area contributed by atoms with Crippen LogP contribution in [0.25, 0.3) is 10.9 Å². The fraction of sp³-hybridized carbons (Fsp3) is 0.308. The number of H-pyrrole nitrogens is 1. The number of aromatic nitrogens is 1. The first-order valence-corrected chi connectivity index (χ1v) is 6.31. The van der Waals surface area contributed by atoms with Gasteiger partial charge < -0.3 is 4.98 Å². The number of carbonyl (C=O) groups excluding carboxylic acids is 1. The number of hydrogen-bond donors (Lipinski definition) is 1. The van der Waals surface area contributed by atoms with E-state index in [0.717, 1.165) is 33.9 Å². The van der Waals surface area contributed by atoms with Crippen molar-refractivity contribution in [3.63, 3.8) is 0 Å². The number of unbranched alkanes of at least 4 members (excludes halogenated alkanes) is 1. The molecule has 2 aromatic rings. The van der Waals surface area contributed by atoms with Crippen LogP contribution in [-0.4, -0.2) is 10.8 Å². The van der Waals surface area contributed by atoms with Crippen molar-refractivity contribution in [2.75, 3.05) is 0 Å². The van der Waals surface area contributed by atoms with Crippen LogP contribution in [0.5, 0.6) is 0 Å². The van der Waals surface area contributed by atoms with Gasteiger partial charge in [0.2, 0.25) is 0 Å². The molecule has 1 heterocycles. The molecular formula is C13H14BrNO. The maximum Gasteiger partial charge on any atom is 0.179 e. The number of halogens is 1. The zero-order chi connectivity index (χ0) is 11.5. The Morgan fingerprint density at radius 2 is 2.19 bits per heavy atom. The van der Waals surface area contributed by atoms with Gasteiger partial charge in [-0.1, -0.05) is 35.3 Å². The number of Topliss-reactive ketones (excluding diaryl/α,β-unsaturated/α-hetero) is 1. The van der Waals surface area contributed by atoms with E-state index in [2.05, 4.69) is 27.8 Å². The Balaban J connectivity index is 2.28. The van der Waals surface area contributed by atoms with E-state index in [1.54, 1.807) is 0 Å². The lowest BCUT2D eigenvalue weighted by molar-refractivity contribution is 0.0976. The second kappa shape index (κ2) is 4.83. The molecule has 0 radical (unpaired) electrons. The standard InChI is InChI=1S/C13H14BrNO/c1-2-3-4-13(16)12-7-9-5-6-10(14)8-11(9)15-12/h5-8,15H,2-4H2,1H3. The fourth-order valence-electron chi connectivity index (χ4n) is 1.72. The van der Waals surface area contributed by atoms with Crippen molar-refractivity contribution in [3.05, 3.63) is 34.4 Å². The molecule has 16 heavy (non-hydrogen) atoms. The molecule has 0 fully saturated rings. The van der Waals surface area contributed by atoms with E-state index in [0.29, 0.717) is 6.42 Å². The molecule has 0 aliphatic rings. The highest BCUT2D eigenvalue weighted by Gasteiger charge is 2.08. The molecule has 2 nitrogen and oxygen atoms in total. The minimum Gasteiger partial charge on any atom is -0.352 e. The van der Waals surface area contributed by atoms with Gasteiger partial charge in [-0.05, 0) is 24.6 Å². The second-order valence-electron chi connectivity index (χ2n) is 3.94. The molecule has 1 aromatic carbocycles. The summed E-state index contributed by atoms with van der Waals surface area (Å²) in [5, 5.41) is 1.09. The Labute approximate surface area is 103 Å². The van der Waals surface area contributed by atoms with Gasteiger partial charge in [0.15, 0.2) is 5.78 Å². The van der Waals surface area contributed by atoms with Crippen LogP contribution in [-0.2, 0) is 0 Å². The lowest BCUT2D eigenvalue weighted by Gasteiger charge is -1.95. The maximum absolute atomic E-state index is 11.8. The average Bonchev–Trinajstić information content (AvgIpc) is 2.68. The van der Waals surface area contributed by atoms with Crippen molar-refractivity contribution < 1.29 is 4.79 Å². The number of aromatic amines is 1. The van der Waals surface area contributed by atoms with Gasteiger partial charge in [0.25, 0.3) is 0 Å². The number of rotatable bonds is 4. The summed E-state index contributed by atoms with van der Waals surface area (Å²) in [6.07, 6.45) is 2.64. The average molecular weight is 280 g/mol. The number of hydrogen-bond acceptors (Lipinski definition) is 1. The molecule has 0 saturated heterocycles. The Morgan fingerprint density at radius 1 is 1.38 bits per heavy atom. The van der Waals surface area contributed by atoms with Crippen LogP contribution >= 0.6 is 15.9 Å². The van der Waals surface area contributed by atoms with Crippen LogP contribution in [0.15, 0.2) is 28.7 Å². The van der Waals surface area contributed by atoms with Crippen LogP contribution in [0, 0.1) is 0 Å². The van der Waals surface area contributed by atoms with Crippen molar-refractivity contribution >= 4 is 32.6 Å². The molecule has 0 unspecified atom stereocenters. The maximum atomic E-state index is 11.8. The first-order chi connectivity index (χ1) is 7.70. The largest absolute Gasteiger partial charge is 0.352 e. The minimum absolute atomic E-state index is 0.203. The summed E-state index contributed by atoms with van der Waals surface area (Å²) in [5.74, 6) is 0.203. The minimum atomic E-state index is 0.203. The van der Waals surface area contributed by atoms with Gasteiger partial charge in [0.05, 0.1) is 5.69 Å². The monoisotopic (exact) mass is 279 g/mol. The predicted octanol–water partition coefficient (Wildman–Crippen LogP) is 4.30.